The largest absolute Gasteiger partial charge is 0.507 e. The summed E-state index contributed by atoms with van der Waals surface area (Å²) in [5.41, 5.74) is 0.289. The Hall–Kier alpha value is -4.13. The van der Waals surface area contributed by atoms with Crippen LogP contribution in [0.5, 0.6) is 17.2 Å². The molecule has 0 unspecified atom stereocenters. The third-order valence-electron chi connectivity index (χ3n) is 4.84. The lowest BCUT2D eigenvalue weighted by molar-refractivity contribution is 0.0972. The zero-order chi connectivity index (χ0) is 20.9. The van der Waals surface area contributed by atoms with E-state index in [4.69, 9.17) is 0 Å². The van der Waals surface area contributed by atoms with Crippen LogP contribution in [0.3, 0.4) is 0 Å². The van der Waals surface area contributed by atoms with Gasteiger partial charge in [-0.25, -0.2) is 0 Å². The van der Waals surface area contributed by atoms with Gasteiger partial charge in [0.1, 0.15) is 11.5 Å². The second-order valence-corrected chi connectivity index (χ2v) is 6.65. The predicted octanol–water partition coefficient (Wildman–Crippen LogP) is 3.53. The van der Waals surface area contributed by atoms with Crippen molar-refractivity contribution in [3.05, 3.63) is 76.3 Å². The number of rotatable bonds is 3. The Labute approximate surface area is 164 Å². The summed E-state index contributed by atoms with van der Waals surface area (Å²) in [6.07, 6.45) is 0. The van der Waals surface area contributed by atoms with Crippen molar-refractivity contribution in [2.45, 2.75) is 6.92 Å². The molecule has 0 spiro atoms. The smallest absolute Gasteiger partial charge is 0.202 e. The summed E-state index contributed by atoms with van der Waals surface area (Å²) in [6, 6.07) is 11.6. The number of Topliss-reactive ketones (excluding diaryl/α,β-unsaturated/α-hetero) is 1. The predicted molar refractivity (Wildman–Crippen MR) is 104 cm³/mol. The topological polar surface area (TPSA) is 124 Å². The highest BCUT2D eigenvalue weighted by atomic mass is 16.3. The minimum atomic E-state index is -0.768. The lowest BCUT2D eigenvalue weighted by Gasteiger charge is -2.21. The van der Waals surface area contributed by atoms with E-state index in [-0.39, 0.29) is 33.7 Å². The molecule has 0 aromatic heterocycles. The number of hydrogen-bond acceptors (Lipinski definition) is 7. The average molecular weight is 389 g/mol. The van der Waals surface area contributed by atoms with Crippen LogP contribution in [0, 0.1) is 0 Å². The molecule has 0 bridgehead atoms. The maximum absolute atomic E-state index is 12.9. The van der Waals surface area contributed by atoms with Crippen LogP contribution in [-0.4, -0.2) is 32.7 Å². The van der Waals surface area contributed by atoms with Crippen LogP contribution in [0.2, 0.25) is 0 Å². The average Bonchev–Trinajstić information content (AvgIpc) is 2.69. The summed E-state index contributed by atoms with van der Waals surface area (Å²) in [7, 11) is 0. The summed E-state index contributed by atoms with van der Waals surface area (Å²) in [5, 5.41) is 33.7. The van der Waals surface area contributed by atoms with Gasteiger partial charge >= 0.3 is 0 Å². The fourth-order valence-electron chi connectivity index (χ4n) is 3.35. The normalized spacial score (nSPS) is 12.3. The van der Waals surface area contributed by atoms with Crippen molar-refractivity contribution < 1.29 is 29.7 Å². The van der Waals surface area contributed by atoms with Crippen LogP contribution in [-0.2, 0) is 0 Å². The molecule has 0 aliphatic heterocycles. The second kappa shape index (κ2) is 6.49. The molecule has 29 heavy (non-hydrogen) atoms. The van der Waals surface area contributed by atoms with Gasteiger partial charge in [0.25, 0.3) is 0 Å². The number of aromatic hydroxyl groups is 3. The lowest BCUT2D eigenvalue weighted by atomic mass is 9.82. The van der Waals surface area contributed by atoms with Gasteiger partial charge in [-0.3, -0.25) is 14.4 Å². The van der Waals surface area contributed by atoms with Crippen molar-refractivity contribution in [1.29, 1.82) is 0 Å². The Morgan fingerprint density at radius 1 is 0.759 bits per heavy atom. The molecule has 0 atom stereocenters. The SMILES string of the molecule is CC(=O)c1ccc(Nc2ccc3c(c2O)C(=O)c2c(O)ccc(O)c2C3=O)cc1. The van der Waals surface area contributed by atoms with E-state index in [0.717, 1.165) is 12.1 Å². The number of benzene rings is 3. The summed E-state index contributed by atoms with van der Waals surface area (Å²) in [6.45, 7) is 1.45. The molecule has 1 aliphatic carbocycles. The number of nitrogens with one attached hydrogen (secondary N) is 1. The van der Waals surface area contributed by atoms with E-state index >= 15 is 0 Å². The maximum atomic E-state index is 12.9. The van der Waals surface area contributed by atoms with Crippen molar-refractivity contribution in [2.24, 2.45) is 0 Å². The summed E-state index contributed by atoms with van der Waals surface area (Å²) in [5.74, 6) is -2.86. The Kier molecular flexibility index (Phi) is 4.08. The van der Waals surface area contributed by atoms with Crippen LogP contribution >= 0.6 is 0 Å². The molecule has 1 aliphatic rings. The van der Waals surface area contributed by atoms with Crippen molar-refractivity contribution >= 4 is 28.7 Å². The summed E-state index contributed by atoms with van der Waals surface area (Å²) < 4.78 is 0. The highest BCUT2D eigenvalue weighted by Crippen LogP contribution is 2.43. The molecule has 0 saturated heterocycles. The number of phenolic OH excluding ortho intramolecular Hbond substituents is 3. The first-order valence-electron chi connectivity index (χ1n) is 8.68. The van der Waals surface area contributed by atoms with Gasteiger partial charge in [-0.2, -0.15) is 0 Å². The van der Waals surface area contributed by atoms with Gasteiger partial charge < -0.3 is 20.6 Å². The molecular weight excluding hydrogens is 374 g/mol. The van der Waals surface area contributed by atoms with Crippen LogP contribution in [0.15, 0.2) is 48.5 Å². The number of carbonyl (C=O) groups excluding carboxylic acids is 3. The van der Waals surface area contributed by atoms with Gasteiger partial charge in [-0.1, -0.05) is 0 Å². The Bertz CT molecular complexity index is 1210. The molecule has 0 saturated carbocycles. The molecule has 4 N–H and O–H groups in total. The van der Waals surface area contributed by atoms with E-state index in [0.29, 0.717) is 11.3 Å². The fourth-order valence-corrected chi connectivity index (χ4v) is 3.35. The van der Waals surface area contributed by atoms with E-state index in [1.807, 2.05) is 0 Å². The first-order valence-corrected chi connectivity index (χ1v) is 8.68. The lowest BCUT2D eigenvalue weighted by Crippen LogP contribution is -2.21. The third-order valence-corrected chi connectivity index (χ3v) is 4.84. The van der Waals surface area contributed by atoms with E-state index in [2.05, 4.69) is 5.32 Å². The molecule has 0 fully saturated rings. The molecule has 7 heteroatoms. The number of anilines is 2. The number of ketones is 3. The molecular formula is C22H15NO6. The van der Waals surface area contributed by atoms with Crippen molar-refractivity contribution in [1.82, 2.24) is 0 Å². The highest BCUT2D eigenvalue weighted by Gasteiger charge is 2.37. The molecule has 144 valence electrons. The number of hydrogen-bond donors (Lipinski definition) is 4. The van der Waals surface area contributed by atoms with Crippen molar-refractivity contribution in [3.8, 4) is 17.2 Å². The van der Waals surface area contributed by atoms with Crippen molar-refractivity contribution in [2.75, 3.05) is 5.32 Å². The molecule has 0 amide bonds. The van der Waals surface area contributed by atoms with Crippen LogP contribution in [0.4, 0.5) is 11.4 Å². The molecule has 3 aromatic rings. The zero-order valence-corrected chi connectivity index (χ0v) is 15.2. The van der Waals surface area contributed by atoms with E-state index in [1.165, 1.54) is 19.1 Å². The maximum Gasteiger partial charge on any atom is 0.202 e. The zero-order valence-electron chi connectivity index (χ0n) is 15.2. The van der Waals surface area contributed by atoms with E-state index in [1.54, 1.807) is 24.3 Å². The first kappa shape index (κ1) is 18.2. The molecule has 7 nitrogen and oxygen atoms in total. The van der Waals surface area contributed by atoms with Gasteiger partial charge in [0.2, 0.25) is 5.78 Å². The van der Waals surface area contributed by atoms with Gasteiger partial charge in [0.15, 0.2) is 17.3 Å². The minimum Gasteiger partial charge on any atom is -0.507 e. The molecule has 0 radical (unpaired) electrons. The number of carbonyl (C=O) groups is 3. The molecule has 3 aromatic carbocycles. The number of phenols is 3. The van der Waals surface area contributed by atoms with E-state index < -0.39 is 28.8 Å². The monoisotopic (exact) mass is 389 g/mol. The third kappa shape index (κ3) is 2.80. The summed E-state index contributed by atoms with van der Waals surface area (Å²) in [4.78, 5) is 37.1. The van der Waals surface area contributed by atoms with Gasteiger partial charge in [0.05, 0.1) is 22.4 Å². The first-order chi connectivity index (χ1) is 13.8. The van der Waals surface area contributed by atoms with Crippen LogP contribution < -0.4 is 5.32 Å². The Morgan fingerprint density at radius 3 is 1.93 bits per heavy atom. The molecule has 4 rings (SSSR count). The van der Waals surface area contributed by atoms with Gasteiger partial charge in [-0.15, -0.1) is 0 Å². The number of fused-ring (bicyclic) bond motifs is 2. The fraction of sp³-hybridized carbons (Fsp3) is 0.0455. The van der Waals surface area contributed by atoms with Crippen molar-refractivity contribution in [3.63, 3.8) is 0 Å². The van der Waals surface area contributed by atoms with E-state index in [9.17, 15) is 29.7 Å². The highest BCUT2D eigenvalue weighted by molar-refractivity contribution is 6.31. The van der Waals surface area contributed by atoms with Gasteiger partial charge in [0, 0.05) is 16.8 Å². The standard InChI is InChI=1S/C22H15NO6/c1-10(24)11-2-4-12(5-3-11)23-14-7-6-13-17(21(14)28)22(29)19-16(26)9-8-15(25)18(19)20(13)27/h2-9,23,25-26,28H,1H3. The van der Waals surface area contributed by atoms with Crippen LogP contribution in [0.25, 0.3) is 0 Å². The Balaban J connectivity index is 1.79. The van der Waals surface area contributed by atoms with Crippen LogP contribution in [0.1, 0.15) is 49.1 Å². The quantitative estimate of drug-likeness (QED) is 0.240. The Morgan fingerprint density at radius 2 is 1.34 bits per heavy atom. The minimum absolute atomic E-state index is 0.0709. The molecule has 0 heterocycles. The second-order valence-electron chi connectivity index (χ2n) is 6.65. The summed E-state index contributed by atoms with van der Waals surface area (Å²) >= 11 is 0. The van der Waals surface area contributed by atoms with Gasteiger partial charge in [-0.05, 0) is 55.5 Å².